The SMILES string of the molecule is COc1ccc(CCC(=O)N2CCN(C(=O)c3cccc(S(C)(=O)=O)c3)CC2)cc1. The largest absolute Gasteiger partial charge is 0.497 e. The van der Waals surface area contributed by atoms with E-state index in [1.165, 1.54) is 12.1 Å². The molecule has 1 saturated heterocycles. The summed E-state index contributed by atoms with van der Waals surface area (Å²) in [5.41, 5.74) is 1.42. The highest BCUT2D eigenvalue weighted by Gasteiger charge is 2.25. The third kappa shape index (κ3) is 5.38. The van der Waals surface area contributed by atoms with Crippen LogP contribution in [0, 0.1) is 0 Å². The van der Waals surface area contributed by atoms with Crippen molar-refractivity contribution in [1.29, 1.82) is 0 Å². The summed E-state index contributed by atoms with van der Waals surface area (Å²) in [7, 11) is -1.76. The standard InChI is InChI=1S/C22H26N2O5S/c1-29-19-9-6-17(7-10-19)8-11-21(25)23-12-14-24(15-13-23)22(26)18-4-3-5-20(16-18)30(2,27)28/h3-7,9-10,16H,8,11-15H2,1-2H3. The van der Waals surface area contributed by atoms with Gasteiger partial charge in [-0.3, -0.25) is 9.59 Å². The molecule has 1 aliphatic rings. The predicted molar refractivity (Wildman–Crippen MR) is 113 cm³/mol. The second-order valence-corrected chi connectivity index (χ2v) is 9.34. The van der Waals surface area contributed by atoms with Crippen LogP contribution < -0.4 is 4.74 Å². The molecular formula is C22H26N2O5S. The Morgan fingerprint density at radius 2 is 1.60 bits per heavy atom. The molecule has 0 N–H and O–H groups in total. The lowest BCUT2D eigenvalue weighted by atomic mass is 10.1. The fraction of sp³-hybridized carbons (Fsp3) is 0.364. The Labute approximate surface area is 177 Å². The maximum absolute atomic E-state index is 12.7. The highest BCUT2D eigenvalue weighted by molar-refractivity contribution is 7.90. The summed E-state index contributed by atoms with van der Waals surface area (Å²) < 4.78 is 28.6. The van der Waals surface area contributed by atoms with Gasteiger partial charge in [0.25, 0.3) is 5.91 Å². The molecule has 0 bridgehead atoms. The molecule has 0 atom stereocenters. The minimum atomic E-state index is -3.37. The van der Waals surface area contributed by atoms with Crippen molar-refractivity contribution in [2.75, 3.05) is 39.5 Å². The summed E-state index contributed by atoms with van der Waals surface area (Å²) in [6, 6.07) is 13.7. The van der Waals surface area contributed by atoms with Crippen LogP contribution in [0.4, 0.5) is 0 Å². The number of sulfone groups is 1. The summed E-state index contributed by atoms with van der Waals surface area (Å²) in [5, 5.41) is 0. The van der Waals surface area contributed by atoms with Crippen LogP contribution in [0.25, 0.3) is 0 Å². The summed E-state index contributed by atoms with van der Waals surface area (Å²) in [6.45, 7) is 1.80. The van der Waals surface area contributed by atoms with E-state index in [1.54, 1.807) is 29.0 Å². The number of hydrogen-bond acceptors (Lipinski definition) is 5. The molecule has 0 aromatic heterocycles. The zero-order valence-electron chi connectivity index (χ0n) is 17.2. The number of carbonyl (C=O) groups excluding carboxylic acids is 2. The molecular weight excluding hydrogens is 404 g/mol. The van der Waals surface area contributed by atoms with E-state index in [0.717, 1.165) is 17.6 Å². The number of benzene rings is 2. The van der Waals surface area contributed by atoms with Gasteiger partial charge in [-0.05, 0) is 42.3 Å². The monoisotopic (exact) mass is 430 g/mol. The van der Waals surface area contributed by atoms with Crippen LogP contribution in [0.5, 0.6) is 5.75 Å². The number of piperazine rings is 1. The Bertz CT molecular complexity index is 1010. The van der Waals surface area contributed by atoms with E-state index in [4.69, 9.17) is 4.74 Å². The molecule has 1 heterocycles. The molecule has 3 rings (SSSR count). The molecule has 2 amide bonds. The molecule has 30 heavy (non-hydrogen) atoms. The first-order chi connectivity index (χ1) is 14.3. The van der Waals surface area contributed by atoms with Crippen LogP contribution in [-0.2, 0) is 21.1 Å². The Hall–Kier alpha value is -2.87. The van der Waals surface area contributed by atoms with Gasteiger partial charge in [-0.1, -0.05) is 18.2 Å². The highest BCUT2D eigenvalue weighted by atomic mass is 32.2. The van der Waals surface area contributed by atoms with Crippen molar-refractivity contribution in [1.82, 2.24) is 9.80 Å². The minimum absolute atomic E-state index is 0.0667. The van der Waals surface area contributed by atoms with Crippen LogP contribution in [0.1, 0.15) is 22.3 Å². The van der Waals surface area contributed by atoms with Crippen LogP contribution in [0.3, 0.4) is 0 Å². The van der Waals surface area contributed by atoms with E-state index in [-0.39, 0.29) is 16.7 Å². The lowest BCUT2D eigenvalue weighted by molar-refractivity contribution is -0.132. The topological polar surface area (TPSA) is 84.0 Å². The molecule has 0 unspecified atom stereocenters. The smallest absolute Gasteiger partial charge is 0.254 e. The van der Waals surface area contributed by atoms with Crippen LogP contribution >= 0.6 is 0 Å². The molecule has 7 nitrogen and oxygen atoms in total. The Kier molecular flexibility index (Phi) is 6.77. The molecule has 0 aliphatic carbocycles. The molecule has 0 saturated carbocycles. The van der Waals surface area contributed by atoms with Crippen molar-refractivity contribution >= 4 is 21.7 Å². The zero-order valence-corrected chi connectivity index (χ0v) is 18.0. The van der Waals surface area contributed by atoms with Gasteiger partial charge in [0.15, 0.2) is 9.84 Å². The van der Waals surface area contributed by atoms with Crippen molar-refractivity contribution in [2.45, 2.75) is 17.7 Å². The molecule has 2 aromatic carbocycles. The average Bonchev–Trinajstić information content (AvgIpc) is 2.77. The highest BCUT2D eigenvalue weighted by Crippen LogP contribution is 2.16. The van der Waals surface area contributed by atoms with Crippen molar-refractivity contribution in [2.24, 2.45) is 0 Å². The Morgan fingerprint density at radius 3 is 2.20 bits per heavy atom. The van der Waals surface area contributed by atoms with E-state index in [0.29, 0.717) is 44.6 Å². The van der Waals surface area contributed by atoms with Gasteiger partial charge in [0, 0.05) is 44.4 Å². The second-order valence-electron chi connectivity index (χ2n) is 7.32. The van der Waals surface area contributed by atoms with Gasteiger partial charge < -0.3 is 14.5 Å². The third-order valence-electron chi connectivity index (χ3n) is 5.22. The molecule has 1 aliphatic heterocycles. The predicted octanol–water partition coefficient (Wildman–Crippen LogP) is 2.02. The molecule has 8 heteroatoms. The second kappa shape index (κ2) is 9.30. The first-order valence-corrected chi connectivity index (χ1v) is 11.7. The van der Waals surface area contributed by atoms with Crippen molar-refractivity contribution < 1.29 is 22.7 Å². The summed E-state index contributed by atoms with van der Waals surface area (Å²) in [5.74, 6) is 0.635. The van der Waals surface area contributed by atoms with Crippen LogP contribution in [0.2, 0.25) is 0 Å². The van der Waals surface area contributed by atoms with Gasteiger partial charge in [0.1, 0.15) is 5.75 Å². The van der Waals surface area contributed by atoms with Crippen LogP contribution in [-0.4, -0.2) is 69.6 Å². The van der Waals surface area contributed by atoms with E-state index >= 15 is 0 Å². The van der Waals surface area contributed by atoms with E-state index in [1.807, 2.05) is 24.3 Å². The fourth-order valence-corrected chi connectivity index (χ4v) is 4.07. The van der Waals surface area contributed by atoms with Crippen LogP contribution in [0.15, 0.2) is 53.4 Å². The number of amides is 2. The van der Waals surface area contributed by atoms with E-state index in [2.05, 4.69) is 0 Å². The first kappa shape index (κ1) is 21.8. The van der Waals surface area contributed by atoms with Gasteiger partial charge in [-0.25, -0.2) is 8.42 Å². The molecule has 2 aromatic rings. The van der Waals surface area contributed by atoms with Gasteiger partial charge in [-0.2, -0.15) is 0 Å². The first-order valence-electron chi connectivity index (χ1n) is 9.78. The lowest BCUT2D eigenvalue weighted by Gasteiger charge is -2.35. The summed E-state index contributed by atoms with van der Waals surface area (Å²) in [6.07, 6.45) is 2.18. The summed E-state index contributed by atoms with van der Waals surface area (Å²) >= 11 is 0. The number of ether oxygens (including phenoxy) is 1. The molecule has 1 fully saturated rings. The molecule has 160 valence electrons. The van der Waals surface area contributed by atoms with Crippen molar-refractivity contribution in [3.63, 3.8) is 0 Å². The zero-order chi connectivity index (χ0) is 21.7. The number of methoxy groups -OCH3 is 1. The number of aryl methyl sites for hydroxylation is 1. The fourth-order valence-electron chi connectivity index (χ4n) is 3.40. The number of rotatable bonds is 6. The average molecular weight is 431 g/mol. The van der Waals surface area contributed by atoms with Gasteiger partial charge in [0.2, 0.25) is 5.91 Å². The van der Waals surface area contributed by atoms with Crippen molar-refractivity contribution in [3.8, 4) is 5.75 Å². The Morgan fingerprint density at radius 1 is 0.967 bits per heavy atom. The van der Waals surface area contributed by atoms with E-state index in [9.17, 15) is 18.0 Å². The maximum Gasteiger partial charge on any atom is 0.254 e. The number of hydrogen-bond donors (Lipinski definition) is 0. The summed E-state index contributed by atoms with van der Waals surface area (Å²) in [4.78, 5) is 28.8. The van der Waals surface area contributed by atoms with Gasteiger partial charge in [0.05, 0.1) is 12.0 Å². The quantitative estimate of drug-likeness (QED) is 0.700. The molecule has 0 radical (unpaired) electrons. The third-order valence-corrected chi connectivity index (χ3v) is 6.33. The normalized spacial score (nSPS) is 14.5. The van der Waals surface area contributed by atoms with Crippen molar-refractivity contribution in [3.05, 3.63) is 59.7 Å². The van der Waals surface area contributed by atoms with Gasteiger partial charge >= 0.3 is 0 Å². The van der Waals surface area contributed by atoms with Gasteiger partial charge in [-0.15, -0.1) is 0 Å². The minimum Gasteiger partial charge on any atom is -0.497 e. The lowest BCUT2D eigenvalue weighted by Crippen LogP contribution is -2.50. The van der Waals surface area contributed by atoms with E-state index < -0.39 is 9.84 Å². The molecule has 0 spiro atoms. The number of carbonyl (C=O) groups is 2. The maximum atomic E-state index is 12.7. The Balaban J connectivity index is 1.52. The number of nitrogens with zero attached hydrogens (tertiary/aromatic N) is 2.